The van der Waals surface area contributed by atoms with Crippen LogP contribution in [0.15, 0.2) is 36.5 Å². The third-order valence-corrected chi connectivity index (χ3v) is 5.61. The molecule has 1 N–H and O–H groups in total. The molecule has 30 heavy (non-hydrogen) atoms. The Morgan fingerprint density at radius 1 is 1.13 bits per heavy atom. The summed E-state index contributed by atoms with van der Waals surface area (Å²) in [6.45, 7) is 8.01. The summed E-state index contributed by atoms with van der Waals surface area (Å²) in [5.74, 6) is 2.11. The highest BCUT2D eigenvalue weighted by Crippen LogP contribution is 2.32. The minimum Gasteiger partial charge on any atom is -0.377 e. The molecule has 0 amide bonds. The number of rotatable bonds is 3. The van der Waals surface area contributed by atoms with Gasteiger partial charge in [0.25, 0.3) is 0 Å². The van der Waals surface area contributed by atoms with Gasteiger partial charge in [0.2, 0.25) is 0 Å². The van der Waals surface area contributed by atoms with Crippen LogP contribution in [-0.4, -0.2) is 50.5 Å². The highest BCUT2D eigenvalue weighted by atomic mass is 19.1. The molecule has 0 spiro atoms. The zero-order valence-electron chi connectivity index (χ0n) is 17.2. The van der Waals surface area contributed by atoms with Crippen LogP contribution in [0.1, 0.15) is 18.6 Å². The van der Waals surface area contributed by atoms with Crippen LogP contribution in [0.5, 0.6) is 0 Å². The highest BCUT2D eigenvalue weighted by molar-refractivity contribution is 5.94. The van der Waals surface area contributed by atoms with E-state index >= 15 is 0 Å². The first-order valence-corrected chi connectivity index (χ1v) is 10.0. The fourth-order valence-corrected chi connectivity index (χ4v) is 4.17. The Labute approximate surface area is 173 Å². The van der Waals surface area contributed by atoms with E-state index in [4.69, 9.17) is 9.72 Å². The molecule has 0 aliphatic carbocycles. The van der Waals surface area contributed by atoms with E-state index in [-0.39, 0.29) is 11.9 Å². The third-order valence-electron chi connectivity index (χ3n) is 5.61. The molecule has 1 fully saturated rings. The maximum Gasteiger partial charge on any atom is 0.134 e. The fourth-order valence-electron chi connectivity index (χ4n) is 4.17. The molecule has 0 radical (unpaired) electrons. The van der Waals surface area contributed by atoms with Gasteiger partial charge in [-0.25, -0.2) is 9.37 Å². The number of aromatic nitrogens is 5. The zero-order valence-corrected chi connectivity index (χ0v) is 17.2. The van der Waals surface area contributed by atoms with Gasteiger partial charge in [-0.15, -0.1) is 10.2 Å². The highest BCUT2D eigenvalue weighted by Gasteiger charge is 2.23. The molecular formula is C22H23FN6O. The van der Waals surface area contributed by atoms with Gasteiger partial charge in [-0.1, -0.05) is 0 Å². The monoisotopic (exact) mass is 406 g/mol. The number of aromatic amines is 1. The van der Waals surface area contributed by atoms with Gasteiger partial charge in [0.05, 0.1) is 30.6 Å². The second-order valence-electron chi connectivity index (χ2n) is 7.71. The number of aryl methyl sites for hydroxylation is 2. The lowest BCUT2D eigenvalue weighted by Gasteiger charge is -2.34. The maximum atomic E-state index is 14.4. The standard InChI is InChI=1S/C22H23FN6O/c1-13-12-30-7-6-28(13)22-11-17(29-14(2)26-27-15(29)3)10-21(25-22)19-8-16(23)9-20-18(19)4-5-24-20/h4-5,8-11,13,24H,6-7,12H2,1-3H3. The van der Waals surface area contributed by atoms with Crippen molar-refractivity contribution in [1.82, 2.24) is 24.7 Å². The Hall–Kier alpha value is -3.26. The molecule has 1 saturated heterocycles. The van der Waals surface area contributed by atoms with Gasteiger partial charge in [0.15, 0.2) is 0 Å². The zero-order chi connectivity index (χ0) is 20.8. The SMILES string of the molecule is Cc1nnc(C)n1-c1cc(-c2cc(F)cc3[nH]ccc23)nc(N2CCOCC2C)c1. The Morgan fingerprint density at radius 3 is 2.70 bits per heavy atom. The van der Waals surface area contributed by atoms with E-state index in [0.29, 0.717) is 18.9 Å². The van der Waals surface area contributed by atoms with Crippen molar-refractivity contribution in [3.05, 3.63) is 54.0 Å². The second kappa shape index (κ2) is 7.21. The molecule has 1 aromatic carbocycles. The van der Waals surface area contributed by atoms with Gasteiger partial charge in [-0.2, -0.15) is 0 Å². The van der Waals surface area contributed by atoms with Crippen molar-refractivity contribution in [3.8, 4) is 16.9 Å². The van der Waals surface area contributed by atoms with Crippen LogP contribution < -0.4 is 4.90 Å². The van der Waals surface area contributed by atoms with Crippen LogP contribution in [-0.2, 0) is 4.74 Å². The first-order valence-electron chi connectivity index (χ1n) is 10.0. The van der Waals surface area contributed by atoms with Crippen LogP contribution in [0.4, 0.5) is 10.2 Å². The number of ether oxygens (including phenoxy) is 1. The minimum atomic E-state index is -0.301. The van der Waals surface area contributed by atoms with Gasteiger partial charge in [-0.3, -0.25) is 4.57 Å². The van der Waals surface area contributed by atoms with Crippen molar-refractivity contribution >= 4 is 16.7 Å². The summed E-state index contributed by atoms with van der Waals surface area (Å²) in [6, 6.07) is 9.20. The predicted molar refractivity (Wildman–Crippen MR) is 114 cm³/mol. The van der Waals surface area contributed by atoms with E-state index in [1.54, 1.807) is 6.07 Å². The average Bonchev–Trinajstić information content (AvgIpc) is 3.33. The lowest BCUT2D eigenvalue weighted by Crippen LogP contribution is -2.44. The third kappa shape index (κ3) is 3.13. The predicted octanol–water partition coefficient (Wildman–Crippen LogP) is 3.79. The molecule has 1 aliphatic rings. The summed E-state index contributed by atoms with van der Waals surface area (Å²) in [7, 11) is 0. The summed E-state index contributed by atoms with van der Waals surface area (Å²) in [5.41, 5.74) is 3.10. The summed E-state index contributed by atoms with van der Waals surface area (Å²) in [4.78, 5) is 10.3. The van der Waals surface area contributed by atoms with Crippen molar-refractivity contribution in [2.45, 2.75) is 26.8 Å². The number of hydrogen-bond acceptors (Lipinski definition) is 5. The molecule has 5 rings (SSSR count). The van der Waals surface area contributed by atoms with Crippen molar-refractivity contribution in [2.24, 2.45) is 0 Å². The smallest absolute Gasteiger partial charge is 0.134 e. The number of pyridine rings is 1. The van der Waals surface area contributed by atoms with Gasteiger partial charge in [-0.05, 0) is 45.0 Å². The molecule has 8 heteroatoms. The topological polar surface area (TPSA) is 71.9 Å². The number of nitrogens with zero attached hydrogens (tertiary/aromatic N) is 5. The fraction of sp³-hybridized carbons (Fsp3) is 0.318. The van der Waals surface area contributed by atoms with Gasteiger partial charge < -0.3 is 14.6 Å². The normalized spacial score (nSPS) is 17.1. The number of hydrogen-bond donors (Lipinski definition) is 1. The van der Waals surface area contributed by atoms with Crippen LogP contribution in [0.3, 0.4) is 0 Å². The van der Waals surface area contributed by atoms with E-state index in [1.165, 1.54) is 6.07 Å². The van der Waals surface area contributed by atoms with E-state index in [1.807, 2.05) is 42.8 Å². The number of morpholine rings is 1. The van der Waals surface area contributed by atoms with E-state index in [2.05, 4.69) is 27.0 Å². The molecule has 0 saturated carbocycles. The van der Waals surface area contributed by atoms with Crippen molar-refractivity contribution in [1.29, 1.82) is 0 Å². The number of halogens is 1. The van der Waals surface area contributed by atoms with Crippen LogP contribution in [0.25, 0.3) is 27.8 Å². The minimum absolute atomic E-state index is 0.192. The lowest BCUT2D eigenvalue weighted by molar-refractivity contribution is 0.0985. The Bertz CT molecular complexity index is 1210. The summed E-state index contributed by atoms with van der Waals surface area (Å²) < 4.78 is 22.0. The molecule has 4 heterocycles. The molecule has 1 atom stereocenters. The summed E-state index contributed by atoms with van der Waals surface area (Å²) >= 11 is 0. The first-order chi connectivity index (χ1) is 14.5. The Morgan fingerprint density at radius 2 is 1.93 bits per heavy atom. The van der Waals surface area contributed by atoms with Crippen LogP contribution in [0.2, 0.25) is 0 Å². The Balaban J connectivity index is 1.75. The van der Waals surface area contributed by atoms with Crippen molar-refractivity contribution < 1.29 is 9.13 Å². The molecule has 3 aromatic heterocycles. The number of fused-ring (bicyclic) bond motifs is 1. The second-order valence-corrected chi connectivity index (χ2v) is 7.71. The average molecular weight is 406 g/mol. The molecule has 154 valence electrons. The van der Waals surface area contributed by atoms with E-state index in [0.717, 1.165) is 46.2 Å². The number of benzene rings is 1. The van der Waals surface area contributed by atoms with Crippen molar-refractivity contribution in [3.63, 3.8) is 0 Å². The number of anilines is 1. The maximum absolute atomic E-state index is 14.4. The number of nitrogens with one attached hydrogen (secondary N) is 1. The van der Waals surface area contributed by atoms with Gasteiger partial charge in [0.1, 0.15) is 23.3 Å². The molecule has 1 aliphatic heterocycles. The van der Waals surface area contributed by atoms with E-state index < -0.39 is 0 Å². The van der Waals surface area contributed by atoms with Crippen LogP contribution in [0, 0.1) is 19.7 Å². The largest absolute Gasteiger partial charge is 0.377 e. The first kappa shape index (κ1) is 18.7. The quantitative estimate of drug-likeness (QED) is 0.560. The molecule has 1 unspecified atom stereocenters. The lowest BCUT2D eigenvalue weighted by atomic mass is 10.1. The van der Waals surface area contributed by atoms with E-state index in [9.17, 15) is 4.39 Å². The molecule has 4 aromatic rings. The summed E-state index contributed by atoms with van der Waals surface area (Å²) in [6.07, 6.45) is 1.82. The van der Waals surface area contributed by atoms with Crippen molar-refractivity contribution in [2.75, 3.05) is 24.7 Å². The molecular weight excluding hydrogens is 383 g/mol. The molecule has 0 bridgehead atoms. The Kier molecular flexibility index (Phi) is 4.51. The summed E-state index contributed by atoms with van der Waals surface area (Å²) in [5, 5.41) is 9.33. The molecule has 7 nitrogen and oxygen atoms in total. The number of H-pyrrole nitrogens is 1. The van der Waals surface area contributed by atoms with Gasteiger partial charge >= 0.3 is 0 Å². The van der Waals surface area contributed by atoms with Gasteiger partial charge in [0, 0.05) is 35.3 Å². The van der Waals surface area contributed by atoms with Crippen LogP contribution >= 0.6 is 0 Å².